The number of amides is 1. The average Bonchev–Trinajstić information content (AvgIpc) is 2.76. The van der Waals surface area contributed by atoms with Crippen molar-refractivity contribution in [3.63, 3.8) is 0 Å². The van der Waals surface area contributed by atoms with Gasteiger partial charge in [-0.25, -0.2) is 0 Å². The van der Waals surface area contributed by atoms with Gasteiger partial charge in [0.1, 0.15) is 0 Å². The van der Waals surface area contributed by atoms with E-state index in [4.69, 9.17) is 18.8 Å². The van der Waals surface area contributed by atoms with E-state index in [0.717, 1.165) is 5.46 Å². The molecular weight excluding hydrogens is 309 g/mol. The molecular formula is C17H26BNO5. The topological polar surface area (TPSA) is 66.0 Å². The molecule has 1 fully saturated rings. The Morgan fingerprint density at radius 1 is 1.08 bits per heavy atom. The Hall–Kier alpha value is -1.41. The molecule has 1 aliphatic rings. The van der Waals surface area contributed by atoms with Crippen LogP contribution in [-0.2, 0) is 18.8 Å². The third-order valence-electron chi connectivity index (χ3n) is 4.65. The van der Waals surface area contributed by atoms with Crippen LogP contribution >= 0.6 is 0 Å². The molecule has 1 amide bonds. The first kappa shape index (κ1) is 18.9. The normalized spacial score (nSPS) is 18.9. The summed E-state index contributed by atoms with van der Waals surface area (Å²) in [6.07, 6.45) is -0.460. The standard InChI is InChI=1S/C17H26BNO5/c1-16(2)17(3,4)24-18(23-16)13-9-7-12(8-10-13)15(20)19-11-14(21-5)22-6/h7-10,14H,11H2,1-6H3,(H,19,20). The van der Waals surface area contributed by atoms with Gasteiger partial charge in [0.2, 0.25) is 0 Å². The van der Waals surface area contributed by atoms with E-state index in [9.17, 15) is 4.79 Å². The second-order valence-corrected chi connectivity index (χ2v) is 6.82. The van der Waals surface area contributed by atoms with E-state index in [2.05, 4.69) is 5.32 Å². The van der Waals surface area contributed by atoms with Crippen molar-refractivity contribution in [1.29, 1.82) is 0 Å². The zero-order valence-electron chi connectivity index (χ0n) is 15.2. The minimum Gasteiger partial charge on any atom is -0.399 e. The fraction of sp³-hybridized carbons (Fsp3) is 0.588. The molecule has 0 atom stereocenters. The van der Waals surface area contributed by atoms with Crippen LogP contribution in [-0.4, -0.2) is 51.3 Å². The molecule has 0 bridgehead atoms. The van der Waals surface area contributed by atoms with Crippen molar-refractivity contribution in [2.24, 2.45) is 0 Å². The fourth-order valence-corrected chi connectivity index (χ4v) is 2.31. The largest absolute Gasteiger partial charge is 0.494 e. The van der Waals surface area contributed by atoms with Crippen molar-refractivity contribution in [3.8, 4) is 0 Å². The molecule has 6 nitrogen and oxygen atoms in total. The number of rotatable bonds is 6. The van der Waals surface area contributed by atoms with Crippen molar-refractivity contribution in [2.75, 3.05) is 20.8 Å². The Labute approximate surface area is 143 Å². The van der Waals surface area contributed by atoms with Gasteiger partial charge in [-0.1, -0.05) is 12.1 Å². The van der Waals surface area contributed by atoms with Crippen LogP contribution in [0.5, 0.6) is 0 Å². The van der Waals surface area contributed by atoms with Crippen LogP contribution < -0.4 is 10.8 Å². The summed E-state index contributed by atoms with van der Waals surface area (Å²) in [6.45, 7) is 8.33. The molecule has 0 aromatic heterocycles. The van der Waals surface area contributed by atoms with Crippen molar-refractivity contribution in [2.45, 2.75) is 45.2 Å². The lowest BCUT2D eigenvalue weighted by Crippen LogP contribution is -2.41. The predicted octanol–water partition coefficient (Wildman–Crippen LogP) is 1.33. The van der Waals surface area contributed by atoms with Crippen LogP contribution in [0.15, 0.2) is 24.3 Å². The molecule has 0 unspecified atom stereocenters. The molecule has 0 spiro atoms. The summed E-state index contributed by atoms with van der Waals surface area (Å²) in [6, 6.07) is 7.21. The first-order chi connectivity index (χ1) is 11.2. The summed E-state index contributed by atoms with van der Waals surface area (Å²) in [4.78, 5) is 12.1. The van der Waals surface area contributed by atoms with Gasteiger partial charge < -0.3 is 24.1 Å². The molecule has 132 valence electrons. The first-order valence-electron chi connectivity index (χ1n) is 7.99. The minimum atomic E-state index is -0.460. The lowest BCUT2D eigenvalue weighted by Gasteiger charge is -2.32. The minimum absolute atomic E-state index is 0.186. The van der Waals surface area contributed by atoms with Crippen LogP contribution in [0, 0.1) is 0 Å². The van der Waals surface area contributed by atoms with Crippen molar-refractivity contribution >= 4 is 18.5 Å². The molecule has 1 N–H and O–H groups in total. The van der Waals surface area contributed by atoms with E-state index in [1.54, 1.807) is 12.1 Å². The SMILES string of the molecule is COC(CNC(=O)c1ccc(B2OC(C)(C)C(C)(C)O2)cc1)OC. The Morgan fingerprint density at radius 3 is 2.04 bits per heavy atom. The Bertz CT molecular complexity index is 553. The van der Waals surface area contributed by atoms with Gasteiger partial charge in [-0.05, 0) is 45.3 Å². The third kappa shape index (κ3) is 3.98. The van der Waals surface area contributed by atoms with E-state index in [1.165, 1.54) is 14.2 Å². The first-order valence-corrected chi connectivity index (χ1v) is 7.99. The summed E-state index contributed by atoms with van der Waals surface area (Å²) in [5.41, 5.74) is 0.671. The quantitative estimate of drug-likeness (QED) is 0.628. The molecule has 1 saturated heterocycles. The second-order valence-electron chi connectivity index (χ2n) is 6.82. The molecule has 1 aliphatic heterocycles. The van der Waals surface area contributed by atoms with Gasteiger partial charge in [0.15, 0.2) is 6.29 Å². The molecule has 0 aliphatic carbocycles. The number of nitrogens with one attached hydrogen (secondary N) is 1. The monoisotopic (exact) mass is 335 g/mol. The lowest BCUT2D eigenvalue weighted by atomic mass is 9.79. The van der Waals surface area contributed by atoms with Crippen LogP contribution in [0.2, 0.25) is 0 Å². The van der Waals surface area contributed by atoms with E-state index in [0.29, 0.717) is 5.56 Å². The van der Waals surface area contributed by atoms with Crippen LogP contribution in [0.25, 0.3) is 0 Å². The van der Waals surface area contributed by atoms with E-state index >= 15 is 0 Å². The highest BCUT2D eigenvalue weighted by Crippen LogP contribution is 2.36. The van der Waals surface area contributed by atoms with E-state index < -0.39 is 13.4 Å². The Kier molecular flexibility index (Phi) is 5.70. The molecule has 7 heteroatoms. The van der Waals surface area contributed by atoms with Crippen molar-refractivity contribution in [3.05, 3.63) is 29.8 Å². The molecule has 0 saturated carbocycles. The molecule has 0 radical (unpaired) electrons. The molecule has 1 aromatic rings. The number of carbonyl (C=O) groups is 1. The highest BCUT2D eigenvalue weighted by molar-refractivity contribution is 6.62. The summed E-state index contributed by atoms with van der Waals surface area (Å²) in [5.74, 6) is -0.186. The highest BCUT2D eigenvalue weighted by Gasteiger charge is 2.51. The van der Waals surface area contributed by atoms with E-state index in [-0.39, 0.29) is 23.7 Å². The molecule has 1 heterocycles. The van der Waals surface area contributed by atoms with Gasteiger partial charge in [0, 0.05) is 19.8 Å². The zero-order valence-corrected chi connectivity index (χ0v) is 15.2. The smallest absolute Gasteiger partial charge is 0.399 e. The van der Waals surface area contributed by atoms with Crippen LogP contribution in [0.4, 0.5) is 0 Å². The second kappa shape index (κ2) is 7.23. The number of methoxy groups -OCH3 is 2. The number of ether oxygens (including phenoxy) is 2. The van der Waals surface area contributed by atoms with Gasteiger partial charge in [0.05, 0.1) is 17.7 Å². The average molecular weight is 335 g/mol. The predicted molar refractivity (Wildman–Crippen MR) is 92.3 cm³/mol. The fourth-order valence-electron chi connectivity index (χ4n) is 2.31. The number of benzene rings is 1. The van der Waals surface area contributed by atoms with Crippen LogP contribution in [0.1, 0.15) is 38.1 Å². The summed E-state index contributed by atoms with van der Waals surface area (Å²) in [7, 11) is 2.62. The van der Waals surface area contributed by atoms with Gasteiger partial charge in [-0.15, -0.1) is 0 Å². The van der Waals surface area contributed by atoms with Crippen molar-refractivity contribution in [1.82, 2.24) is 5.32 Å². The number of hydrogen-bond donors (Lipinski definition) is 1. The maximum absolute atomic E-state index is 12.1. The van der Waals surface area contributed by atoms with Gasteiger partial charge in [-0.2, -0.15) is 0 Å². The third-order valence-corrected chi connectivity index (χ3v) is 4.65. The van der Waals surface area contributed by atoms with Gasteiger partial charge in [0.25, 0.3) is 5.91 Å². The molecule has 2 rings (SSSR count). The maximum atomic E-state index is 12.1. The van der Waals surface area contributed by atoms with Crippen LogP contribution in [0.3, 0.4) is 0 Å². The number of hydrogen-bond acceptors (Lipinski definition) is 5. The zero-order chi connectivity index (χ0) is 18.0. The lowest BCUT2D eigenvalue weighted by molar-refractivity contribution is -0.0974. The molecule has 24 heavy (non-hydrogen) atoms. The van der Waals surface area contributed by atoms with E-state index in [1.807, 2.05) is 39.8 Å². The Morgan fingerprint density at radius 2 is 1.58 bits per heavy atom. The summed E-state index contributed by atoms with van der Waals surface area (Å²) >= 11 is 0. The van der Waals surface area contributed by atoms with Crippen molar-refractivity contribution < 1.29 is 23.6 Å². The highest BCUT2D eigenvalue weighted by atomic mass is 16.7. The molecule has 1 aromatic carbocycles. The van der Waals surface area contributed by atoms with Gasteiger partial charge in [-0.3, -0.25) is 4.79 Å². The summed E-state index contributed by atoms with van der Waals surface area (Å²) in [5, 5.41) is 2.76. The number of carbonyl (C=O) groups excluding carboxylic acids is 1. The van der Waals surface area contributed by atoms with Gasteiger partial charge >= 0.3 is 7.12 Å². The maximum Gasteiger partial charge on any atom is 0.494 e. The summed E-state index contributed by atoms with van der Waals surface area (Å²) < 4.78 is 22.1. The Balaban J connectivity index is 2.00.